The largest absolute Gasteiger partial charge is 0.480 e. The highest BCUT2D eigenvalue weighted by atomic mass is 16.4. The van der Waals surface area contributed by atoms with Crippen LogP contribution in [-0.2, 0) is 11.3 Å². The molecule has 0 aliphatic carbocycles. The molecule has 3 N–H and O–H groups in total. The highest BCUT2D eigenvalue weighted by molar-refractivity contribution is 5.72. The summed E-state index contributed by atoms with van der Waals surface area (Å²) in [5.74, 6) is -1.00. The lowest BCUT2D eigenvalue weighted by Gasteiger charge is -2.08. The first-order chi connectivity index (χ1) is 6.43. The van der Waals surface area contributed by atoms with Gasteiger partial charge in [-0.3, -0.25) is 9.48 Å². The number of carboxylic acids is 1. The number of nitrogens with two attached hydrogens (primary N) is 1. The summed E-state index contributed by atoms with van der Waals surface area (Å²) in [6.45, 7) is 5.98. The average molecular weight is 197 g/mol. The number of hydrogen-bond donors (Lipinski definition) is 2. The summed E-state index contributed by atoms with van der Waals surface area (Å²) in [6, 6.07) is -0.896. The quantitative estimate of drug-likeness (QED) is 0.726. The minimum absolute atomic E-state index is 0.218. The van der Waals surface area contributed by atoms with Crippen molar-refractivity contribution in [2.24, 2.45) is 5.73 Å². The predicted molar refractivity (Wildman–Crippen MR) is 52.0 cm³/mol. The Kier molecular flexibility index (Phi) is 2.90. The van der Waals surface area contributed by atoms with Crippen LogP contribution < -0.4 is 5.73 Å². The molecule has 1 atom stereocenters. The maximum Gasteiger partial charge on any atom is 0.322 e. The monoisotopic (exact) mass is 197 g/mol. The topological polar surface area (TPSA) is 81.1 Å². The number of carbonyl (C=O) groups is 1. The molecule has 0 spiro atoms. The first-order valence-corrected chi connectivity index (χ1v) is 4.42. The highest BCUT2D eigenvalue weighted by Gasteiger charge is 2.15. The summed E-state index contributed by atoms with van der Waals surface area (Å²) in [7, 11) is 0. The van der Waals surface area contributed by atoms with Crippen LogP contribution in [0.15, 0.2) is 0 Å². The fourth-order valence-corrected chi connectivity index (χ4v) is 1.23. The molecule has 0 amide bonds. The van der Waals surface area contributed by atoms with E-state index in [0.717, 1.165) is 17.0 Å². The van der Waals surface area contributed by atoms with Crippen molar-refractivity contribution in [1.82, 2.24) is 9.78 Å². The predicted octanol–water partition coefficient (Wildman–Crippen LogP) is 0.220. The van der Waals surface area contributed by atoms with Gasteiger partial charge < -0.3 is 10.8 Å². The van der Waals surface area contributed by atoms with Gasteiger partial charge in [-0.05, 0) is 26.3 Å². The maximum absolute atomic E-state index is 10.5. The highest BCUT2D eigenvalue weighted by Crippen LogP contribution is 2.10. The van der Waals surface area contributed by atoms with Crippen molar-refractivity contribution in [1.29, 1.82) is 0 Å². The summed E-state index contributed by atoms with van der Waals surface area (Å²) < 4.78 is 1.64. The van der Waals surface area contributed by atoms with Crippen LogP contribution in [0.3, 0.4) is 0 Å². The summed E-state index contributed by atoms with van der Waals surface area (Å²) in [5.41, 5.74) is 8.39. The van der Waals surface area contributed by atoms with E-state index in [2.05, 4.69) is 5.10 Å². The van der Waals surface area contributed by atoms with Gasteiger partial charge in [-0.1, -0.05) is 0 Å². The standard InChI is InChI=1S/C9H15N3O2/c1-5-6(2)11-12(7(5)3)4-8(10)9(13)14/h8H,4,10H2,1-3H3,(H,13,14)/t8-/m0/s1. The van der Waals surface area contributed by atoms with Crippen LogP contribution in [0.1, 0.15) is 17.0 Å². The third-order valence-corrected chi connectivity index (χ3v) is 2.43. The van der Waals surface area contributed by atoms with Gasteiger partial charge in [-0.15, -0.1) is 0 Å². The number of aliphatic carboxylic acids is 1. The number of nitrogens with zero attached hydrogens (tertiary/aromatic N) is 2. The molecule has 0 aromatic carbocycles. The second kappa shape index (κ2) is 3.79. The van der Waals surface area contributed by atoms with Gasteiger partial charge in [0.25, 0.3) is 0 Å². The van der Waals surface area contributed by atoms with Crippen LogP contribution in [0.2, 0.25) is 0 Å². The Morgan fingerprint density at radius 1 is 1.57 bits per heavy atom. The van der Waals surface area contributed by atoms with E-state index in [1.54, 1.807) is 4.68 Å². The van der Waals surface area contributed by atoms with Gasteiger partial charge in [0.05, 0.1) is 12.2 Å². The van der Waals surface area contributed by atoms with E-state index < -0.39 is 12.0 Å². The van der Waals surface area contributed by atoms with Crippen LogP contribution in [-0.4, -0.2) is 26.9 Å². The van der Waals surface area contributed by atoms with Gasteiger partial charge in [-0.2, -0.15) is 5.10 Å². The fourth-order valence-electron chi connectivity index (χ4n) is 1.23. The Morgan fingerprint density at radius 3 is 2.50 bits per heavy atom. The molecule has 1 heterocycles. The SMILES string of the molecule is Cc1nn(C[C@H](N)C(=O)O)c(C)c1C. The van der Waals surface area contributed by atoms with Gasteiger partial charge in [0, 0.05) is 5.69 Å². The molecular formula is C9H15N3O2. The Hall–Kier alpha value is -1.36. The molecule has 5 nitrogen and oxygen atoms in total. The van der Waals surface area contributed by atoms with Crippen molar-refractivity contribution in [3.8, 4) is 0 Å². The van der Waals surface area contributed by atoms with E-state index in [1.165, 1.54) is 0 Å². The lowest BCUT2D eigenvalue weighted by atomic mass is 10.2. The number of carboxylic acid groups (broad SMARTS) is 1. The molecule has 5 heteroatoms. The van der Waals surface area contributed by atoms with Gasteiger partial charge in [-0.25, -0.2) is 0 Å². The number of aromatic nitrogens is 2. The van der Waals surface area contributed by atoms with Crippen molar-refractivity contribution in [3.63, 3.8) is 0 Å². The minimum Gasteiger partial charge on any atom is -0.480 e. The third-order valence-electron chi connectivity index (χ3n) is 2.43. The molecule has 0 fully saturated rings. The van der Waals surface area contributed by atoms with Crippen molar-refractivity contribution >= 4 is 5.97 Å². The Bertz CT molecular complexity index is 357. The first-order valence-electron chi connectivity index (χ1n) is 4.42. The fraction of sp³-hybridized carbons (Fsp3) is 0.556. The van der Waals surface area contributed by atoms with Gasteiger partial charge in [0.1, 0.15) is 6.04 Å². The van der Waals surface area contributed by atoms with Crippen molar-refractivity contribution < 1.29 is 9.90 Å². The van der Waals surface area contributed by atoms with Crippen LogP contribution in [0.4, 0.5) is 0 Å². The second-order valence-corrected chi connectivity index (χ2v) is 3.42. The Labute approximate surface area is 82.5 Å². The normalized spacial score (nSPS) is 12.9. The summed E-state index contributed by atoms with van der Waals surface area (Å²) in [5, 5.41) is 12.8. The lowest BCUT2D eigenvalue weighted by molar-refractivity contribution is -0.138. The molecule has 0 unspecified atom stereocenters. The van der Waals surface area contributed by atoms with Crippen LogP contribution in [0.25, 0.3) is 0 Å². The Morgan fingerprint density at radius 2 is 2.14 bits per heavy atom. The molecule has 1 aromatic heterocycles. The van der Waals surface area contributed by atoms with E-state index in [-0.39, 0.29) is 6.54 Å². The summed E-state index contributed by atoms with van der Waals surface area (Å²) in [4.78, 5) is 10.5. The number of aryl methyl sites for hydroxylation is 1. The zero-order valence-corrected chi connectivity index (χ0v) is 8.61. The average Bonchev–Trinajstić information content (AvgIpc) is 2.33. The summed E-state index contributed by atoms with van der Waals surface area (Å²) in [6.07, 6.45) is 0. The molecule has 0 radical (unpaired) electrons. The third kappa shape index (κ3) is 1.93. The molecule has 14 heavy (non-hydrogen) atoms. The molecule has 0 saturated carbocycles. The number of hydrogen-bond acceptors (Lipinski definition) is 3. The van der Waals surface area contributed by atoms with Crippen molar-refractivity contribution in [3.05, 3.63) is 17.0 Å². The smallest absolute Gasteiger partial charge is 0.322 e. The van der Waals surface area contributed by atoms with Gasteiger partial charge in [0.15, 0.2) is 0 Å². The molecule has 0 aliphatic heterocycles. The molecular weight excluding hydrogens is 182 g/mol. The van der Waals surface area contributed by atoms with Crippen LogP contribution in [0, 0.1) is 20.8 Å². The van der Waals surface area contributed by atoms with E-state index in [1.807, 2.05) is 20.8 Å². The molecule has 0 saturated heterocycles. The van der Waals surface area contributed by atoms with Gasteiger partial charge >= 0.3 is 5.97 Å². The molecule has 78 valence electrons. The van der Waals surface area contributed by atoms with Gasteiger partial charge in [0.2, 0.25) is 0 Å². The zero-order chi connectivity index (χ0) is 10.9. The van der Waals surface area contributed by atoms with Crippen molar-refractivity contribution in [2.75, 3.05) is 0 Å². The second-order valence-electron chi connectivity index (χ2n) is 3.42. The molecule has 1 aromatic rings. The Balaban J connectivity index is 2.87. The zero-order valence-electron chi connectivity index (χ0n) is 8.61. The van der Waals surface area contributed by atoms with Crippen LogP contribution in [0.5, 0.6) is 0 Å². The minimum atomic E-state index is -1.00. The molecule has 1 rings (SSSR count). The van der Waals surface area contributed by atoms with Crippen molar-refractivity contribution in [2.45, 2.75) is 33.4 Å². The summed E-state index contributed by atoms with van der Waals surface area (Å²) >= 11 is 0. The lowest BCUT2D eigenvalue weighted by Crippen LogP contribution is -2.35. The molecule has 0 aliphatic rings. The first kappa shape index (κ1) is 10.7. The number of rotatable bonds is 3. The molecule has 0 bridgehead atoms. The van der Waals surface area contributed by atoms with E-state index in [0.29, 0.717) is 0 Å². The van der Waals surface area contributed by atoms with E-state index in [9.17, 15) is 4.79 Å². The van der Waals surface area contributed by atoms with E-state index in [4.69, 9.17) is 10.8 Å². The van der Waals surface area contributed by atoms with Crippen LogP contribution >= 0.6 is 0 Å². The van der Waals surface area contributed by atoms with E-state index >= 15 is 0 Å². The maximum atomic E-state index is 10.5.